The zero-order valence-electron chi connectivity index (χ0n) is 16.1. The quantitative estimate of drug-likeness (QED) is 0.641. The average molecular weight is 447 g/mol. The van der Waals surface area contributed by atoms with E-state index in [1.165, 1.54) is 15.6 Å². The van der Waals surface area contributed by atoms with Crippen LogP contribution in [0.2, 0.25) is 0 Å². The Balaban J connectivity index is 1.51. The number of anilines is 2. The third kappa shape index (κ3) is 4.07. The van der Waals surface area contributed by atoms with Crippen molar-refractivity contribution < 1.29 is 22.7 Å². The van der Waals surface area contributed by atoms with Crippen molar-refractivity contribution in [2.75, 3.05) is 29.5 Å². The molecule has 1 N–H and O–H groups in total. The largest absolute Gasteiger partial charge is 0.497 e. The lowest BCUT2D eigenvalue weighted by atomic mass is 10.2. The SMILES string of the molecule is COc1ccc(-c2nnc(NC(=O)[C@@H]3CN(S(C)(=O)=O)c4ccccc4O3)s2)cc1. The fourth-order valence-electron chi connectivity index (χ4n) is 2.96. The van der Waals surface area contributed by atoms with Gasteiger partial charge in [0.1, 0.15) is 16.5 Å². The molecule has 4 rings (SSSR count). The molecule has 0 aliphatic carbocycles. The van der Waals surface area contributed by atoms with Gasteiger partial charge in [0.2, 0.25) is 15.2 Å². The second kappa shape index (κ2) is 7.92. The zero-order chi connectivity index (χ0) is 21.3. The lowest BCUT2D eigenvalue weighted by molar-refractivity contribution is -0.122. The number of sulfonamides is 1. The van der Waals surface area contributed by atoms with Crippen molar-refractivity contribution in [1.29, 1.82) is 0 Å². The molecule has 3 aromatic rings. The maximum absolute atomic E-state index is 12.7. The maximum atomic E-state index is 12.7. The number of nitrogens with one attached hydrogen (secondary N) is 1. The summed E-state index contributed by atoms with van der Waals surface area (Å²) >= 11 is 1.20. The number of aromatic nitrogens is 2. The maximum Gasteiger partial charge on any atom is 0.269 e. The van der Waals surface area contributed by atoms with Crippen LogP contribution in [0.3, 0.4) is 0 Å². The zero-order valence-corrected chi connectivity index (χ0v) is 17.7. The molecule has 2 heterocycles. The van der Waals surface area contributed by atoms with E-state index in [-0.39, 0.29) is 6.54 Å². The van der Waals surface area contributed by atoms with Gasteiger partial charge >= 0.3 is 0 Å². The first-order valence-electron chi connectivity index (χ1n) is 8.87. The normalized spacial score (nSPS) is 15.8. The number of benzene rings is 2. The van der Waals surface area contributed by atoms with Crippen molar-refractivity contribution in [2.45, 2.75) is 6.10 Å². The summed E-state index contributed by atoms with van der Waals surface area (Å²) in [5, 5.41) is 11.7. The predicted molar refractivity (Wildman–Crippen MR) is 114 cm³/mol. The summed E-state index contributed by atoms with van der Waals surface area (Å²) in [6.45, 7) is -0.133. The van der Waals surface area contributed by atoms with E-state index in [1.807, 2.05) is 24.3 Å². The standard InChI is InChI=1S/C19H18N4O5S2/c1-27-13-9-7-12(8-10-13)18-21-22-19(29-18)20-17(24)16-11-23(30(2,25)26)14-5-3-4-6-15(14)28-16/h3-10,16H,11H2,1-2H3,(H,20,22,24)/t16-/m0/s1. The van der Waals surface area contributed by atoms with Crippen molar-refractivity contribution in [3.63, 3.8) is 0 Å². The number of methoxy groups -OCH3 is 1. The summed E-state index contributed by atoms with van der Waals surface area (Å²) in [7, 11) is -1.99. The Kier molecular flexibility index (Phi) is 5.31. The van der Waals surface area contributed by atoms with Crippen LogP contribution in [0.5, 0.6) is 11.5 Å². The summed E-state index contributed by atoms with van der Waals surface area (Å²) < 4.78 is 36.4. The van der Waals surface area contributed by atoms with Gasteiger partial charge in [-0.2, -0.15) is 0 Å². The van der Waals surface area contributed by atoms with E-state index in [0.717, 1.165) is 17.6 Å². The summed E-state index contributed by atoms with van der Waals surface area (Å²) in [5.74, 6) is 0.544. The van der Waals surface area contributed by atoms with Crippen LogP contribution >= 0.6 is 11.3 Å². The van der Waals surface area contributed by atoms with E-state index in [4.69, 9.17) is 9.47 Å². The molecule has 2 aromatic carbocycles. The molecule has 9 nitrogen and oxygen atoms in total. The molecule has 1 amide bonds. The number of para-hydroxylation sites is 2. The van der Waals surface area contributed by atoms with E-state index >= 15 is 0 Å². The smallest absolute Gasteiger partial charge is 0.269 e. The van der Waals surface area contributed by atoms with Crippen LogP contribution in [-0.2, 0) is 14.8 Å². The molecular weight excluding hydrogens is 428 g/mol. The van der Waals surface area contributed by atoms with Gasteiger partial charge in [-0.1, -0.05) is 23.5 Å². The highest BCUT2D eigenvalue weighted by Crippen LogP contribution is 2.35. The number of ether oxygens (including phenoxy) is 2. The summed E-state index contributed by atoms with van der Waals surface area (Å²) in [6.07, 6.45) is 0.0682. The van der Waals surface area contributed by atoms with Crippen molar-refractivity contribution in [2.24, 2.45) is 0 Å². The first kappa shape index (κ1) is 20.1. The molecule has 156 valence electrons. The summed E-state index contributed by atoms with van der Waals surface area (Å²) in [4.78, 5) is 12.7. The minimum absolute atomic E-state index is 0.133. The fourth-order valence-corrected chi connectivity index (χ4v) is 4.63. The van der Waals surface area contributed by atoms with Crippen LogP contribution < -0.4 is 19.1 Å². The predicted octanol–water partition coefficient (Wildman–Crippen LogP) is 2.38. The molecule has 0 saturated heterocycles. The molecule has 0 bridgehead atoms. The lowest BCUT2D eigenvalue weighted by Crippen LogP contribution is -2.48. The van der Waals surface area contributed by atoms with Crippen molar-refractivity contribution >= 4 is 38.1 Å². The average Bonchev–Trinajstić information content (AvgIpc) is 3.20. The molecule has 11 heteroatoms. The Hall–Kier alpha value is -3.18. The molecule has 1 aliphatic heterocycles. The van der Waals surface area contributed by atoms with Gasteiger partial charge in [-0.15, -0.1) is 10.2 Å². The van der Waals surface area contributed by atoms with E-state index in [1.54, 1.807) is 31.4 Å². The van der Waals surface area contributed by atoms with E-state index in [0.29, 0.717) is 21.6 Å². The number of carbonyl (C=O) groups is 1. The van der Waals surface area contributed by atoms with Gasteiger partial charge in [-0.3, -0.25) is 14.4 Å². The summed E-state index contributed by atoms with van der Waals surface area (Å²) in [5.41, 5.74) is 1.24. The van der Waals surface area contributed by atoms with Crippen LogP contribution in [-0.4, -0.2) is 50.5 Å². The van der Waals surface area contributed by atoms with Crippen molar-refractivity contribution in [3.8, 4) is 22.1 Å². The molecule has 0 spiro atoms. The van der Waals surface area contributed by atoms with E-state index < -0.39 is 22.0 Å². The van der Waals surface area contributed by atoms with Gasteiger partial charge in [-0.25, -0.2) is 8.42 Å². The highest BCUT2D eigenvalue weighted by atomic mass is 32.2. The molecule has 30 heavy (non-hydrogen) atoms. The van der Waals surface area contributed by atoms with Crippen LogP contribution in [0, 0.1) is 0 Å². The minimum atomic E-state index is -3.58. The minimum Gasteiger partial charge on any atom is -0.497 e. The third-order valence-corrected chi connectivity index (χ3v) is 6.45. The van der Waals surface area contributed by atoms with Crippen molar-refractivity contribution in [1.82, 2.24) is 10.2 Å². The second-order valence-electron chi connectivity index (χ2n) is 6.50. The Morgan fingerprint density at radius 2 is 1.93 bits per heavy atom. The molecule has 0 unspecified atom stereocenters. The molecule has 1 atom stereocenters. The second-order valence-corrected chi connectivity index (χ2v) is 9.38. The lowest BCUT2D eigenvalue weighted by Gasteiger charge is -2.33. The van der Waals surface area contributed by atoms with Crippen LogP contribution in [0.4, 0.5) is 10.8 Å². The molecular formula is C19H18N4O5S2. The third-order valence-electron chi connectivity index (χ3n) is 4.42. The van der Waals surface area contributed by atoms with Gasteiger partial charge in [-0.05, 0) is 36.4 Å². The highest BCUT2D eigenvalue weighted by Gasteiger charge is 2.35. The highest BCUT2D eigenvalue weighted by molar-refractivity contribution is 7.92. The summed E-state index contributed by atoms with van der Waals surface area (Å²) in [6, 6.07) is 14.0. The topological polar surface area (TPSA) is 111 Å². The Morgan fingerprint density at radius 1 is 1.20 bits per heavy atom. The number of hydrogen-bond acceptors (Lipinski definition) is 8. The monoisotopic (exact) mass is 446 g/mol. The van der Waals surface area contributed by atoms with E-state index in [2.05, 4.69) is 15.5 Å². The van der Waals surface area contributed by atoms with Crippen LogP contribution in [0.25, 0.3) is 10.6 Å². The van der Waals surface area contributed by atoms with Gasteiger partial charge in [0.05, 0.1) is 25.6 Å². The molecule has 0 radical (unpaired) electrons. The Labute approximate surface area is 177 Å². The number of nitrogens with zero attached hydrogens (tertiary/aromatic N) is 3. The number of rotatable bonds is 5. The number of fused-ring (bicyclic) bond motifs is 1. The van der Waals surface area contributed by atoms with Crippen LogP contribution in [0.15, 0.2) is 48.5 Å². The molecule has 0 fully saturated rings. The van der Waals surface area contributed by atoms with Gasteiger partial charge < -0.3 is 9.47 Å². The number of hydrogen-bond donors (Lipinski definition) is 1. The number of amides is 1. The molecule has 1 aromatic heterocycles. The fraction of sp³-hybridized carbons (Fsp3) is 0.211. The van der Waals surface area contributed by atoms with Gasteiger partial charge in [0, 0.05) is 5.56 Å². The van der Waals surface area contributed by atoms with Gasteiger partial charge in [0.25, 0.3) is 5.91 Å². The van der Waals surface area contributed by atoms with Gasteiger partial charge in [0.15, 0.2) is 6.10 Å². The Morgan fingerprint density at radius 3 is 2.63 bits per heavy atom. The van der Waals surface area contributed by atoms with E-state index in [9.17, 15) is 13.2 Å². The first-order valence-corrected chi connectivity index (χ1v) is 11.5. The first-order chi connectivity index (χ1) is 14.3. The van der Waals surface area contributed by atoms with Crippen LogP contribution in [0.1, 0.15) is 0 Å². The number of carbonyl (C=O) groups excluding carboxylic acids is 1. The molecule has 1 aliphatic rings. The Bertz CT molecular complexity index is 1180. The van der Waals surface area contributed by atoms with Crippen molar-refractivity contribution in [3.05, 3.63) is 48.5 Å². The molecule has 0 saturated carbocycles.